The van der Waals surface area contributed by atoms with Crippen LogP contribution in [0.1, 0.15) is 12.8 Å². The fourth-order valence-corrected chi connectivity index (χ4v) is 2.19. The molecule has 0 saturated carbocycles. The van der Waals surface area contributed by atoms with E-state index in [0.717, 1.165) is 12.0 Å². The molecule has 10 heavy (non-hydrogen) atoms. The molecular formula is C8H16N2. The monoisotopic (exact) mass is 140 g/mol. The van der Waals surface area contributed by atoms with Gasteiger partial charge in [-0.15, -0.1) is 0 Å². The average molecular weight is 140 g/mol. The largest absolute Gasteiger partial charge is 0.312 e. The third kappa shape index (κ3) is 1.06. The number of rotatable bonds is 0. The Kier molecular flexibility index (Phi) is 1.66. The molecule has 2 fully saturated rings. The zero-order chi connectivity index (χ0) is 6.97. The minimum Gasteiger partial charge on any atom is -0.312 e. The van der Waals surface area contributed by atoms with Crippen LogP contribution in [0.15, 0.2) is 0 Å². The van der Waals surface area contributed by atoms with Crippen molar-refractivity contribution in [2.45, 2.75) is 18.9 Å². The van der Waals surface area contributed by atoms with Gasteiger partial charge in [-0.25, -0.2) is 0 Å². The number of nitrogens with one attached hydrogen (secondary N) is 1. The molecule has 0 spiro atoms. The second-order valence-corrected chi connectivity index (χ2v) is 3.66. The standard InChI is InChI=1S/C8H16N2/c1-10-5-3-7-2-4-9-8(7)6-10/h7-9H,2-6H2,1H3/t7-,8-/m0/s1. The Bertz CT molecular complexity index is 124. The predicted octanol–water partition coefficient (Wildman–Crippen LogP) is 0.300. The van der Waals surface area contributed by atoms with Crippen molar-refractivity contribution in [2.24, 2.45) is 5.92 Å². The Morgan fingerprint density at radius 2 is 2.30 bits per heavy atom. The van der Waals surface area contributed by atoms with Crippen LogP contribution >= 0.6 is 0 Å². The summed E-state index contributed by atoms with van der Waals surface area (Å²) in [6, 6.07) is 0.818. The van der Waals surface area contributed by atoms with Gasteiger partial charge in [-0.1, -0.05) is 0 Å². The van der Waals surface area contributed by atoms with Crippen molar-refractivity contribution in [1.29, 1.82) is 0 Å². The first-order valence-corrected chi connectivity index (χ1v) is 4.28. The summed E-state index contributed by atoms with van der Waals surface area (Å²) in [5.74, 6) is 0.996. The Morgan fingerprint density at radius 3 is 3.20 bits per heavy atom. The lowest BCUT2D eigenvalue weighted by molar-refractivity contribution is 0.198. The summed E-state index contributed by atoms with van der Waals surface area (Å²) in [7, 11) is 2.22. The lowest BCUT2D eigenvalue weighted by Crippen LogP contribution is -2.44. The smallest absolute Gasteiger partial charge is 0.0224 e. The molecule has 0 radical (unpaired) electrons. The number of piperidine rings is 1. The van der Waals surface area contributed by atoms with Crippen LogP contribution in [-0.2, 0) is 0 Å². The fourth-order valence-electron chi connectivity index (χ4n) is 2.19. The van der Waals surface area contributed by atoms with Gasteiger partial charge in [-0.05, 0) is 38.9 Å². The molecule has 0 aliphatic carbocycles. The van der Waals surface area contributed by atoms with Crippen LogP contribution in [-0.4, -0.2) is 37.6 Å². The number of likely N-dealkylation sites (tertiary alicyclic amines) is 1. The lowest BCUT2D eigenvalue weighted by Gasteiger charge is -2.31. The number of hydrogen-bond donors (Lipinski definition) is 1. The van der Waals surface area contributed by atoms with Gasteiger partial charge in [-0.2, -0.15) is 0 Å². The van der Waals surface area contributed by atoms with E-state index in [1.54, 1.807) is 0 Å². The number of nitrogens with zero attached hydrogens (tertiary/aromatic N) is 1. The van der Waals surface area contributed by atoms with E-state index in [0.29, 0.717) is 0 Å². The maximum Gasteiger partial charge on any atom is 0.0224 e. The van der Waals surface area contributed by atoms with Crippen LogP contribution in [0.3, 0.4) is 0 Å². The van der Waals surface area contributed by atoms with Crippen molar-refractivity contribution in [3.63, 3.8) is 0 Å². The van der Waals surface area contributed by atoms with Crippen LogP contribution in [0.4, 0.5) is 0 Å². The minimum atomic E-state index is 0.818. The first-order chi connectivity index (χ1) is 4.86. The normalized spacial score (nSPS) is 41.7. The molecule has 1 N–H and O–H groups in total. The first kappa shape index (κ1) is 6.62. The fraction of sp³-hybridized carbons (Fsp3) is 1.00. The van der Waals surface area contributed by atoms with E-state index >= 15 is 0 Å². The van der Waals surface area contributed by atoms with Crippen LogP contribution in [0, 0.1) is 5.92 Å². The van der Waals surface area contributed by atoms with Gasteiger partial charge in [-0.3, -0.25) is 0 Å². The molecule has 0 aromatic heterocycles. The molecule has 2 aliphatic rings. The van der Waals surface area contributed by atoms with Crippen molar-refractivity contribution >= 4 is 0 Å². The second kappa shape index (κ2) is 2.51. The summed E-state index contributed by atoms with van der Waals surface area (Å²) in [5, 5.41) is 3.55. The molecule has 0 aromatic carbocycles. The lowest BCUT2D eigenvalue weighted by atomic mass is 9.93. The zero-order valence-corrected chi connectivity index (χ0v) is 6.64. The van der Waals surface area contributed by atoms with E-state index < -0.39 is 0 Å². The third-order valence-corrected chi connectivity index (χ3v) is 2.88. The molecule has 2 saturated heterocycles. The molecule has 2 rings (SSSR count). The van der Waals surface area contributed by atoms with Crippen LogP contribution < -0.4 is 5.32 Å². The summed E-state index contributed by atoms with van der Waals surface area (Å²) in [4.78, 5) is 2.43. The maximum atomic E-state index is 3.55. The van der Waals surface area contributed by atoms with Gasteiger partial charge in [0.15, 0.2) is 0 Å². The number of fused-ring (bicyclic) bond motifs is 1. The average Bonchev–Trinajstić information content (AvgIpc) is 2.33. The van der Waals surface area contributed by atoms with E-state index in [4.69, 9.17) is 0 Å². The Morgan fingerprint density at radius 1 is 1.40 bits per heavy atom. The Hall–Kier alpha value is -0.0800. The van der Waals surface area contributed by atoms with Crippen molar-refractivity contribution in [1.82, 2.24) is 10.2 Å². The molecule has 2 heterocycles. The van der Waals surface area contributed by atoms with Crippen molar-refractivity contribution in [2.75, 3.05) is 26.7 Å². The molecule has 0 bridgehead atoms. The van der Waals surface area contributed by atoms with Crippen LogP contribution in [0.5, 0.6) is 0 Å². The number of hydrogen-bond acceptors (Lipinski definition) is 2. The molecule has 58 valence electrons. The predicted molar refractivity (Wildman–Crippen MR) is 42.0 cm³/mol. The first-order valence-electron chi connectivity index (χ1n) is 4.28. The molecule has 2 atom stereocenters. The highest BCUT2D eigenvalue weighted by Gasteiger charge is 2.30. The van der Waals surface area contributed by atoms with E-state index in [1.165, 1.54) is 32.5 Å². The highest BCUT2D eigenvalue weighted by molar-refractivity contribution is 4.89. The van der Waals surface area contributed by atoms with Crippen molar-refractivity contribution in [3.8, 4) is 0 Å². The highest BCUT2D eigenvalue weighted by Crippen LogP contribution is 2.23. The SMILES string of the molecule is CN1CC[C@@H]2CCN[C@H]2C1. The van der Waals surface area contributed by atoms with Gasteiger partial charge in [0.2, 0.25) is 0 Å². The summed E-state index contributed by atoms with van der Waals surface area (Å²) in [6.07, 6.45) is 2.83. The summed E-state index contributed by atoms with van der Waals surface area (Å²) >= 11 is 0. The topological polar surface area (TPSA) is 15.3 Å². The summed E-state index contributed by atoms with van der Waals surface area (Å²) < 4.78 is 0. The molecule has 0 unspecified atom stereocenters. The van der Waals surface area contributed by atoms with Gasteiger partial charge < -0.3 is 10.2 Å². The van der Waals surface area contributed by atoms with Gasteiger partial charge in [0.1, 0.15) is 0 Å². The van der Waals surface area contributed by atoms with E-state index in [9.17, 15) is 0 Å². The van der Waals surface area contributed by atoms with Crippen molar-refractivity contribution < 1.29 is 0 Å². The Balaban J connectivity index is 1.96. The molecule has 2 aliphatic heterocycles. The maximum absolute atomic E-state index is 3.55. The Labute approximate surface area is 62.6 Å². The highest BCUT2D eigenvalue weighted by atomic mass is 15.1. The van der Waals surface area contributed by atoms with Gasteiger partial charge in [0, 0.05) is 12.6 Å². The third-order valence-electron chi connectivity index (χ3n) is 2.88. The summed E-state index contributed by atoms with van der Waals surface area (Å²) in [6.45, 7) is 3.83. The van der Waals surface area contributed by atoms with Gasteiger partial charge in [0.05, 0.1) is 0 Å². The quantitative estimate of drug-likeness (QED) is 0.520. The van der Waals surface area contributed by atoms with E-state index in [1.807, 2.05) is 0 Å². The summed E-state index contributed by atoms with van der Waals surface area (Å²) in [5.41, 5.74) is 0. The van der Waals surface area contributed by atoms with Gasteiger partial charge >= 0.3 is 0 Å². The molecule has 2 nitrogen and oxygen atoms in total. The van der Waals surface area contributed by atoms with Gasteiger partial charge in [0.25, 0.3) is 0 Å². The van der Waals surface area contributed by atoms with Crippen LogP contribution in [0.25, 0.3) is 0 Å². The van der Waals surface area contributed by atoms with Crippen molar-refractivity contribution in [3.05, 3.63) is 0 Å². The van der Waals surface area contributed by atoms with E-state index in [2.05, 4.69) is 17.3 Å². The molecule has 2 heteroatoms. The minimum absolute atomic E-state index is 0.818. The zero-order valence-electron chi connectivity index (χ0n) is 6.64. The van der Waals surface area contributed by atoms with E-state index in [-0.39, 0.29) is 0 Å². The molecular weight excluding hydrogens is 124 g/mol. The second-order valence-electron chi connectivity index (χ2n) is 3.66. The molecule has 0 aromatic rings. The molecule has 0 amide bonds. The van der Waals surface area contributed by atoms with Crippen LogP contribution in [0.2, 0.25) is 0 Å². The number of likely N-dealkylation sites (N-methyl/N-ethyl adjacent to an activating group) is 1.